The molecule has 0 aliphatic heterocycles. The number of sulfonamides is 1. The van der Waals surface area contributed by atoms with Gasteiger partial charge in [0.25, 0.3) is 15.9 Å². The van der Waals surface area contributed by atoms with Gasteiger partial charge in [0.1, 0.15) is 6.54 Å². The monoisotopic (exact) mass is 487 g/mol. The van der Waals surface area contributed by atoms with Crippen molar-refractivity contribution < 1.29 is 22.7 Å². The summed E-state index contributed by atoms with van der Waals surface area (Å²) >= 11 is 6.07. The lowest BCUT2D eigenvalue weighted by atomic mass is 10.2. The number of para-hydroxylation sites is 1. The Balaban J connectivity index is 1.88. The number of halogens is 1. The maximum absolute atomic E-state index is 13.5. The van der Waals surface area contributed by atoms with Gasteiger partial charge in [-0.25, -0.2) is 13.8 Å². The van der Waals surface area contributed by atoms with Crippen molar-refractivity contribution >= 4 is 39.4 Å². The Morgan fingerprint density at radius 1 is 1.00 bits per heavy atom. The first-order valence-corrected chi connectivity index (χ1v) is 11.5. The van der Waals surface area contributed by atoms with Crippen LogP contribution in [0.15, 0.2) is 82.8 Å². The van der Waals surface area contributed by atoms with Crippen LogP contribution >= 0.6 is 11.6 Å². The topological polar surface area (TPSA) is 97.3 Å². The Bertz CT molecular complexity index is 1250. The van der Waals surface area contributed by atoms with Crippen LogP contribution < -0.4 is 19.2 Å². The number of ether oxygens (including phenoxy) is 2. The molecule has 0 spiro atoms. The molecule has 0 heterocycles. The van der Waals surface area contributed by atoms with E-state index in [0.29, 0.717) is 22.0 Å². The largest absolute Gasteiger partial charge is 0.493 e. The van der Waals surface area contributed by atoms with Gasteiger partial charge in [-0.1, -0.05) is 48.0 Å². The molecule has 1 N–H and O–H groups in total. The zero-order valence-corrected chi connectivity index (χ0v) is 19.5. The van der Waals surface area contributed by atoms with Gasteiger partial charge in [0.15, 0.2) is 11.5 Å². The summed E-state index contributed by atoms with van der Waals surface area (Å²) in [6.07, 6.45) is 1.38. The van der Waals surface area contributed by atoms with Crippen molar-refractivity contribution in [2.24, 2.45) is 5.10 Å². The van der Waals surface area contributed by atoms with Gasteiger partial charge in [-0.2, -0.15) is 5.10 Å². The molecule has 172 valence electrons. The predicted molar refractivity (Wildman–Crippen MR) is 128 cm³/mol. The highest BCUT2D eigenvalue weighted by molar-refractivity contribution is 7.92. The molecule has 0 aliphatic carbocycles. The Morgan fingerprint density at radius 3 is 2.33 bits per heavy atom. The van der Waals surface area contributed by atoms with Gasteiger partial charge < -0.3 is 9.47 Å². The third kappa shape index (κ3) is 5.82. The number of nitrogens with zero attached hydrogens (tertiary/aromatic N) is 2. The van der Waals surface area contributed by atoms with Crippen molar-refractivity contribution in [1.82, 2.24) is 5.43 Å². The van der Waals surface area contributed by atoms with Gasteiger partial charge in [-0.15, -0.1) is 0 Å². The summed E-state index contributed by atoms with van der Waals surface area (Å²) in [5.41, 5.74) is 3.27. The van der Waals surface area contributed by atoms with E-state index in [1.165, 1.54) is 38.6 Å². The second-order valence-corrected chi connectivity index (χ2v) is 8.95. The fourth-order valence-corrected chi connectivity index (χ4v) is 4.55. The van der Waals surface area contributed by atoms with Gasteiger partial charge in [0, 0.05) is 16.7 Å². The van der Waals surface area contributed by atoms with E-state index in [2.05, 4.69) is 10.5 Å². The Labute approximate surface area is 197 Å². The molecule has 1 amide bonds. The SMILES string of the molecule is COc1ccc(S(=O)(=O)N(CC(=O)N/N=C/c2ccccc2Cl)c2ccccc2)cc1OC. The Morgan fingerprint density at radius 2 is 1.67 bits per heavy atom. The fraction of sp³-hybridized carbons (Fsp3) is 0.130. The lowest BCUT2D eigenvalue weighted by Crippen LogP contribution is -2.39. The first-order chi connectivity index (χ1) is 15.9. The van der Waals surface area contributed by atoms with E-state index >= 15 is 0 Å². The van der Waals surface area contributed by atoms with Gasteiger partial charge in [0.2, 0.25) is 0 Å². The summed E-state index contributed by atoms with van der Waals surface area (Å²) in [4.78, 5) is 12.5. The molecule has 3 aromatic rings. The number of benzene rings is 3. The van der Waals surface area contributed by atoms with Crippen LogP contribution in [0.2, 0.25) is 5.02 Å². The van der Waals surface area contributed by atoms with Crippen LogP contribution in [0.4, 0.5) is 5.69 Å². The average Bonchev–Trinajstić information content (AvgIpc) is 2.83. The molecular weight excluding hydrogens is 466 g/mol. The average molecular weight is 488 g/mol. The minimum atomic E-state index is -4.13. The number of hydrazone groups is 1. The Kier molecular flexibility index (Phi) is 7.92. The lowest BCUT2D eigenvalue weighted by Gasteiger charge is -2.24. The van der Waals surface area contributed by atoms with Crippen molar-refractivity contribution in [2.45, 2.75) is 4.90 Å². The van der Waals surface area contributed by atoms with Crippen molar-refractivity contribution in [3.05, 3.63) is 83.4 Å². The number of carbonyl (C=O) groups excluding carboxylic acids is 1. The second kappa shape index (κ2) is 10.8. The van der Waals surface area contributed by atoms with Crippen LogP contribution in [-0.2, 0) is 14.8 Å². The van der Waals surface area contributed by atoms with Crippen LogP contribution in [-0.4, -0.2) is 41.3 Å². The summed E-state index contributed by atoms with van der Waals surface area (Å²) in [5, 5.41) is 4.36. The van der Waals surface area contributed by atoms with Crippen molar-refractivity contribution in [3.63, 3.8) is 0 Å². The minimum Gasteiger partial charge on any atom is -0.493 e. The van der Waals surface area contributed by atoms with Crippen LogP contribution in [0.3, 0.4) is 0 Å². The highest BCUT2D eigenvalue weighted by atomic mass is 35.5. The number of nitrogens with one attached hydrogen (secondary N) is 1. The van der Waals surface area contributed by atoms with E-state index in [0.717, 1.165) is 4.31 Å². The minimum absolute atomic E-state index is 0.0589. The van der Waals surface area contributed by atoms with E-state index in [4.69, 9.17) is 21.1 Å². The van der Waals surface area contributed by atoms with E-state index < -0.39 is 22.5 Å². The second-order valence-electron chi connectivity index (χ2n) is 6.68. The molecule has 0 radical (unpaired) electrons. The van der Waals surface area contributed by atoms with E-state index in [-0.39, 0.29) is 10.6 Å². The number of amides is 1. The van der Waals surface area contributed by atoms with Gasteiger partial charge in [-0.05, 0) is 30.3 Å². The standard InChI is InChI=1S/C23H22ClN3O5S/c1-31-21-13-12-19(14-22(21)32-2)33(29,30)27(18-9-4-3-5-10-18)16-23(28)26-25-15-17-8-6-7-11-20(17)24/h3-15H,16H2,1-2H3,(H,26,28)/b25-15+. The van der Waals surface area contributed by atoms with Gasteiger partial charge in [0.05, 0.1) is 31.0 Å². The van der Waals surface area contributed by atoms with Crippen molar-refractivity contribution in [1.29, 1.82) is 0 Å². The van der Waals surface area contributed by atoms with E-state index in [1.54, 1.807) is 54.6 Å². The number of anilines is 1. The molecule has 0 fully saturated rings. The number of hydrogen-bond donors (Lipinski definition) is 1. The van der Waals surface area contributed by atoms with E-state index in [1.807, 2.05) is 0 Å². The molecule has 0 aromatic heterocycles. The molecule has 3 rings (SSSR count). The third-order valence-corrected chi connectivity index (χ3v) is 6.69. The quantitative estimate of drug-likeness (QED) is 0.366. The third-order valence-electron chi connectivity index (χ3n) is 4.57. The first-order valence-electron chi connectivity index (χ1n) is 9.73. The summed E-state index contributed by atoms with van der Waals surface area (Å²) in [7, 11) is -1.26. The summed E-state index contributed by atoms with van der Waals surface area (Å²) < 4.78 is 38.3. The van der Waals surface area contributed by atoms with Crippen LogP contribution in [0, 0.1) is 0 Å². The maximum Gasteiger partial charge on any atom is 0.264 e. The molecule has 0 aliphatic rings. The summed E-state index contributed by atoms with van der Waals surface area (Å²) in [6.45, 7) is -0.499. The van der Waals surface area contributed by atoms with Crippen molar-refractivity contribution in [2.75, 3.05) is 25.1 Å². The normalized spacial score (nSPS) is 11.2. The number of methoxy groups -OCH3 is 2. The molecule has 0 unspecified atom stereocenters. The van der Waals surface area contributed by atoms with Crippen LogP contribution in [0.25, 0.3) is 0 Å². The van der Waals surface area contributed by atoms with Gasteiger partial charge in [-0.3, -0.25) is 9.10 Å². The molecule has 0 atom stereocenters. The molecule has 33 heavy (non-hydrogen) atoms. The molecular formula is C23H22ClN3O5S. The lowest BCUT2D eigenvalue weighted by molar-refractivity contribution is -0.119. The van der Waals surface area contributed by atoms with Crippen LogP contribution in [0.1, 0.15) is 5.56 Å². The summed E-state index contributed by atoms with van der Waals surface area (Å²) in [5.74, 6) is 0.000880. The highest BCUT2D eigenvalue weighted by Gasteiger charge is 2.28. The first kappa shape index (κ1) is 24.1. The zero-order valence-electron chi connectivity index (χ0n) is 17.9. The molecule has 0 bridgehead atoms. The smallest absolute Gasteiger partial charge is 0.264 e. The fourth-order valence-electron chi connectivity index (χ4n) is 2.93. The number of rotatable bonds is 9. The molecule has 3 aromatic carbocycles. The molecule has 0 saturated carbocycles. The predicted octanol–water partition coefficient (Wildman–Crippen LogP) is 3.70. The number of hydrogen-bond acceptors (Lipinski definition) is 6. The number of carbonyl (C=O) groups is 1. The van der Waals surface area contributed by atoms with E-state index in [9.17, 15) is 13.2 Å². The van der Waals surface area contributed by atoms with Gasteiger partial charge >= 0.3 is 0 Å². The Hall–Kier alpha value is -3.56. The molecule has 8 nitrogen and oxygen atoms in total. The highest BCUT2D eigenvalue weighted by Crippen LogP contribution is 2.32. The van der Waals surface area contributed by atoms with Crippen LogP contribution in [0.5, 0.6) is 11.5 Å². The molecule has 10 heteroatoms. The van der Waals surface area contributed by atoms with Crippen molar-refractivity contribution in [3.8, 4) is 11.5 Å². The maximum atomic E-state index is 13.5. The zero-order chi connectivity index (χ0) is 23.8. The molecule has 0 saturated heterocycles. The summed E-state index contributed by atoms with van der Waals surface area (Å²) in [6, 6.07) is 19.5.